The predicted octanol–water partition coefficient (Wildman–Crippen LogP) is 2.35. The Balaban J connectivity index is 1.40. The van der Waals surface area contributed by atoms with Gasteiger partial charge in [-0.3, -0.25) is 9.69 Å². The van der Waals surface area contributed by atoms with Crippen LogP contribution in [0.3, 0.4) is 0 Å². The minimum Gasteiger partial charge on any atom is -0.389 e. The average Bonchev–Trinajstić information content (AvgIpc) is 3.26. The second-order valence-electron chi connectivity index (χ2n) is 8.52. The molecule has 0 radical (unpaired) electrons. The van der Waals surface area contributed by atoms with Crippen LogP contribution in [0.4, 0.5) is 19.0 Å². The number of aliphatic hydroxyl groups is 1. The van der Waals surface area contributed by atoms with Crippen LogP contribution in [0.15, 0.2) is 11.4 Å². The summed E-state index contributed by atoms with van der Waals surface area (Å²) in [6.45, 7) is 4.60. The van der Waals surface area contributed by atoms with Gasteiger partial charge in [-0.1, -0.05) is 0 Å². The Morgan fingerprint density at radius 2 is 2.03 bits per heavy atom. The number of rotatable bonds is 7. The standard InChI is InChI=1S/C22H29F3N4O4S/c1-26-21(31)16-13-34-20-17(22(23,24)25)10-18(27-19(16)20)29-4-2-15(3-5-29)33-12-14(30)11-28-6-8-32-9-7-28/h10,13-15,30H,2-9,11-12H2,1H3,(H,26,31). The molecule has 0 aliphatic carbocycles. The number of piperidine rings is 1. The monoisotopic (exact) mass is 502 g/mol. The molecule has 8 nitrogen and oxygen atoms in total. The third-order valence-electron chi connectivity index (χ3n) is 6.15. The minimum atomic E-state index is -4.56. The number of thiophene rings is 1. The summed E-state index contributed by atoms with van der Waals surface area (Å²) in [7, 11) is 1.43. The molecule has 0 saturated carbocycles. The molecule has 0 bridgehead atoms. The van der Waals surface area contributed by atoms with Crippen molar-refractivity contribution in [2.24, 2.45) is 0 Å². The summed E-state index contributed by atoms with van der Waals surface area (Å²) in [6, 6.07) is 1.07. The lowest BCUT2D eigenvalue weighted by Gasteiger charge is -2.34. The number of carbonyl (C=O) groups is 1. The lowest BCUT2D eigenvalue weighted by Crippen LogP contribution is -2.43. The fourth-order valence-electron chi connectivity index (χ4n) is 4.30. The number of β-amino-alcohol motifs (C(OH)–C–C–N with tert-alkyl or cyclic N) is 1. The number of ether oxygens (including phenoxy) is 2. The van der Waals surface area contributed by atoms with Gasteiger partial charge in [0.25, 0.3) is 5.91 Å². The highest BCUT2D eigenvalue weighted by Crippen LogP contribution is 2.40. The normalized spacial score (nSPS) is 19.5. The van der Waals surface area contributed by atoms with Crippen LogP contribution >= 0.6 is 11.3 Å². The number of aromatic nitrogens is 1. The number of morpholine rings is 1. The summed E-state index contributed by atoms with van der Waals surface area (Å²) >= 11 is 0.873. The first-order valence-electron chi connectivity index (χ1n) is 11.3. The van der Waals surface area contributed by atoms with Gasteiger partial charge >= 0.3 is 6.18 Å². The van der Waals surface area contributed by atoms with Gasteiger partial charge in [-0.2, -0.15) is 13.2 Å². The third-order valence-corrected chi connectivity index (χ3v) is 7.15. The SMILES string of the molecule is CNC(=O)c1csc2c(C(F)(F)F)cc(N3CCC(OCC(O)CN4CCOCC4)CC3)nc12. The van der Waals surface area contributed by atoms with Gasteiger partial charge in [0.2, 0.25) is 0 Å². The van der Waals surface area contributed by atoms with E-state index in [0.717, 1.165) is 30.5 Å². The highest BCUT2D eigenvalue weighted by atomic mass is 32.1. The van der Waals surface area contributed by atoms with E-state index in [1.807, 2.05) is 0 Å². The molecule has 2 aliphatic rings. The van der Waals surface area contributed by atoms with Crippen molar-refractivity contribution in [3.63, 3.8) is 0 Å². The van der Waals surface area contributed by atoms with Crippen molar-refractivity contribution in [2.75, 3.05) is 64.5 Å². The van der Waals surface area contributed by atoms with Gasteiger partial charge in [-0.05, 0) is 18.9 Å². The van der Waals surface area contributed by atoms with Crippen LogP contribution in [-0.2, 0) is 15.7 Å². The van der Waals surface area contributed by atoms with Crippen LogP contribution in [0, 0.1) is 0 Å². The molecule has 2 N–H and O–H groups in total. The summed E-state index contributed by atoms with van der Waals surface area (Å²) in [4.78, 5) is 20.5. The number of fused-ring (bicyclic) bond motifs is 1. The molecule has 1 atom stereocenters. The molecule has 12 heteroatoms. The molecule has 2 aromatic rings. The van der Waals surface area contributed by atoms with Crippen LogP contribution in [-0.4, -0.2) is 92.7 Å². The molecule has 4 rings (SSSR count). The molecule has 2 aromatic heterocycles. The average molecular weight is 503 g/mol. The number of carbonyl (C=O) groups excluding carboxylic acids is 1. The molecule has 2 fully saturated rings. The first kappa shape index (κ1) is 25.1. The van der Waals surface area contributed by atoms with Crippen molar-refractivity contribution in [1.29, 1.82) is 0 Å². The van der Waals surface area contributed by atoms with Gasteiger partial charge in [0.15, 0.2) is 0 Å². The largest absolute Gasteiger partial charge is 0.417 e. The van der Waals surface area contributed by atoms with E-state index >= 15 is 0 Å². The third kappa shape index (κ3) is 5.80. The van der Waals surface area contributed by atoms with E-state index in [2.05, 4.69) is 15.2 Å². The van der Waals surface area contributed by atoms with Crippen molar-refractivity contribution in [1.82, 2.24) is 15.2 Å². The molecule has 34 heavy (non-hydrogen) atoms. The molecule has 0 spiro atoms. The van der Waals surface area contributed by atoms with E-state index in [1.54, 1.807) is 4.90 Å². The zero-order chi connectivity index (χ0) is 24.3. The summed E-state index contributed by atoms with van der Waals surface area (Å²) in [6.07, 6.45) is -4.02. The van der Waals surface area contributed by atoms with E-state index < -0.39 is 23.8 Å². The Hall–Kier alpha value is -1.99. The highest BCUT2D eigenvalue weighted by molar-refractivity contribution is 7.17. The Kier molecular flexibility index (Phi) is 7.93. The second-order valence-corrected chi connectivity index (χ2v) is 9.40. The molecule has 0 aromatic carbocycles. The number of nitrogens with one attached hydrogen (secondary N) is 1. The number of amides is 1. The summed E-state index contributed by atoms with van der Waals surface area (Å²) in [5.74, 6) is -0.263. The fraction of sp³-hybridized carbons (Fsp3) is 0.636. The van der Waals surface area contributed by atoms with Crippen molar-refractivity contribution >= 4 is 33.3 Å². The molecule has 2 saturated heterocycles. The van der Waals surface area contributed by atoms with Gasteiger partial charge in [-0.25, -0.2) is 4.98 Å². The van der Waals surface area contributed by atoms with Gasteiger partial charge in [0.1, 0.15) is 5.82 Å². The van der Waals surface area contributed by atoms with Crippen LogP contribution in [0.1, 0.15) is 28.8 Å². The molecule has 2 aliphatic heterocycles. The topological polar surface area (TPSA) is 87.2 Å². The molecular weight excluding hydrogens is 473 g/mol. The molecule has 4 heterocycles. The zero-order valence-corrected chi connectivity index (χ0v) is 19.8. The van der Waals surface area contributed by atoms with E-state index in [4.69, 9.17) is 9.47 Å². The second kappa shape index (κ2) is 10.7. The summed E-state index contributed by atoms with van der Waals surface area (Å²) in [5, 5.41) is 14.1. The maximum absolute atomic E-state index is 13.8. The molecular formula is C22H29F3N4O4S. The Bertz CT molecular complexity index is 988. The Morgan fingerprint density at radius 1 is 1.32 bits per heavy atom. The number of nitrogens with zero attached hydrogens (tertiary/aromatic N) is 3. The smallest absolute Gasteiger partial charge is 0.389 e. The van der Waals surface area contributed by atoms with Crippen molar-refractivity contribution in [3.8, 4) is 0 Å². The highest BCUT2D eigenvalue weighted by Gasteiger charge is 2.36. The van der Waals surface area contributed by atoms with E-state index in [-0.39, 0.29) is 34.3 Å². The number of halogens is 3. The van der Waals surface area contributed by atoms with Gasteiger partial charge in [0.05, 0.1) is 53.4 Å². The van der Waals surface area contributed by atoms with Crippen LogP contribution in [0.5, 0.6) is 0 Å². The zero-order valence-electron chi connectivity index (χ0n) is 18.9. The van der Waals surface area contributed by atoms with Gasteiger partial charge in [0, 0.05) is 45.2 Å². The maximum atomic E-state index is 13.8. The first-order chi connectivity index (χ1) is 16.3. The van der Waals surface area contributed by atoms with Crippen molar-refractivity contribution in [2.45, 2.75) is 31.2 Å². The Labute approximate surface area is 199 Å². The van der Waals surface area contributed by atoms with Gasteiger partial charge in [-0.15, -0.1) is 11.3 Å². The van der Waals surface area contributed by atoms with Gasteiger partial charge < -0.3 is 24.8 Å². The van der Waals surface area contributed by atoms with E-state index in [1.165, 1.54) is 12.4 Å². The number of alkyl halides is 3. The lowest BCUT2D eigenvalue weighted by atomic mass is 10.1. The minimum absolute atomic E-state index is 0.0395. The van der Waals surface area contributed by atoms with Crippen molar-refractivity contribution < 1.29 is 32.5 Å². The predicted molar refractivity (Wildman–Crippen MR) is 122 cm³/mol. The Morgan fingerprint density at radius 3 is 2.68 bits per heavy atom. The van der Waals surface area contributed by atoms with E-state index in [0.29, 0.717) is 45.7 Å². The summed E-state index contributed by atoms with van der Waals surface area (Å²) < 4.78 is 52.5. The van der Waals surface area contributed by atoms with Crippen molar-refractivity contribution in [3.05, 3.63) is 22.6 Å². The first-order valence-corrected chi connectivity index (χ1v) is 12.2. The fourth-order valence-corrected chi connectivity index (χ4v) is 5.32. The number of hydrogen-bond acceptors (Lipinski definition) is 8. The molecule has 1 unspecified atom stereocenters. The van der Waals surface area contributed by atoms with Crippen LogP contribution < -0.4 is 10.2 Å². The molecule has 188 valence electrons. The molecule has 1 amide bonds. The maximum Gasteiger partial charge on any atom is 0.417 e. The lowest BCUT2D eigenvalue weighted by molar-refractivity contribution is -0.136. The quantitative estimate of drug-likeness (QED) is 0.601. The van der Waals surface area contributed by atoms with Crippen LogP contribution in [0.2, 0.25) is 0 Å². The van der Waals surface area contributed by atoms with Crippen LogP contribution in [0.25, 0.3) is 10.2 Å². The summed E-state index contributed by atoms with van der Waals surface area (Å²) in [5.41, 5.74) is -0.571. The number of aliphatic hydroxyl groups excluding tert-OH is 1. The number of anilines is 1. The van der Waals surface area contributed by atoms with E-state index in [9.17, 15) is 23.1 Å². The number of hydrogen-bond donors (Lipinski definition) is 2. The number of pyridine rings is 1.